The van der Waals surface area contributed by atoms with Crippen molar-refractivity contribution >= 4 is 39.0 Å². The van der Waals surface area contributed by atoms with Crippen LogP contribution < -0.4 is 15.1 Å². The van der Waals surface area contributed by atoms with Gasteiger partial charge in [0.2, 0.25) is 0 Å². The Hall–Kier alpha value is -2.51. The third-order valence-electron chi connectivity index (χ3n) is 5.64. The summed E-state index contributed by atoms with van der Waals surface area (Å²) in [5.41, 5.74) is 4.06. The van der Waals surface area contributed by atoms with E-state index in [2.05, 4.69) is 35.2 Å². The molecule has 1 aliphatic heterocycles. The Morgan fingerprint density at radius 3 is 2.55 bits per heavy atom. The van der Waals surface area contributed by atoms with E-state index in [1.54, 1.807) is 4.90 Å². The Bertz CT molecular complexity index is 1080. The number of likely N-dealkylation sites (N-methyl/N-ethyl adjacent to an activating group) is 1. The van der Waals surface area contributed by atoms with Gasteiger partial charge in [0.15, 0.2) is 0 Å². The van der Waals surface area contributed by atoms with Crippen LogP contribution in [0.15, 0.2) is 18.2 Å². The molecule has 3 heterocycles. The lowest BCUT2D eigenvalue weighted by Gasteiger charge is -2.31. The molecule has 1 saturated heterocycles. The van der Waals surface area contributed by atoms with Crippen LogP contribution in [0.3, 0.4) is 0 Å². The van der Waals surface area contributed by atoms with Gasteiger partial charge in [0.25, 0.3) is 5.91 Å². The second kappa shape index (κ2) is 7.72. The zero-order chi connectivity index (χ0) is 20.7. The van der Waals surface area contributed by atoms with E-state index in [4.69, 9.17) is 4.98 Å². The standard InChI is InChI=1S/C22H27N5OS/c1-13-6-7-17(14(2)12-13)25-21(28)19-15(3)18-20(23-16(4)24-22(18)29-19)27-10-8-26(5)9-11-27/h6-7,12H,8-11H2,1-5H3,(H,25,28)/p+1. The number of aryl methyl sites for hydroxylation is 4. The average molecular weight is 411 g/mol. The highest BCUT2D eigenvalue weighted by Gasteiger charge is 2.25. The predicted octanol–water partition coefficient (Wildman–Crippen LogP) is 2.51. The van der Waals surface area contributed by atoms with Crippen LogP contribution in [0.2, 0.25) is 0 Å². The van der Waals surface area contributed by atoms with Gasteiger partial charge in [0.1, 0.15) is 16.5 Å². The van der Waals surface area contributed by atoms with Gasteiger partial charge in [0.05, 0.1) is 43.5 Å². The number of thiophene rings is 1. The Morgan fingerprint density at radius 2 is 1.86 bits per heavy atom. The second-order valence-corrected chi connectivity index (χ2v) is 9.05. The number of hydrogen-bond acceptors (Lipinski definition) is 5. The van der Waals surface area contributed by atoms with Gasteiger partial charge in [0, 0.05) is 5.69 Å². The number of anilines is 2. The van der Waals surface area contributed by atoms with Gasteiger partial charge in [-0.3, -0.25) is 4.79 Å². The molecule has 0 saturated carbocycles. The summed E-state index contributed by atoms with van der Waals surface area (Å²) in [6.07, 6.45) is 0. The molecule has 0 atom stereocenters. The van der Waals surface area contributed by atoms with Crippen LogP contribution in [0.1, 0.15) is 32.2 Å². The van der Waals surface area contributed by atoms with Gasteiger partial charge in [-0.2, -0.15) is 0 Å². The van der Waals surface area contributed by atoms with E-state index in [-0.39, 0.29) is 5.91 Å². The van der Waals surface area contributed by atoms with Gasteiger partial charge in [-0.15, -0.1) is 11.3 Å². The monoisotopic (exact) mass is 410 g/mol. The molecule has 7 heteroatoms. The first-order valence-corrected chi connectivity index (χ1v) is 10.9. The van der Waals surface area contributed by atoms with Crippen LogP contribution in [-0.2, 0) is 0 Å². The number of fused-ring (bicyclic) bond motifs is 1. The summed E-state index contributed by atoms with van der Waals surface area (Å²) in [5.74, 6) is 1.64. The van der Waals surface area contributed by atoms with Crippen molar-refractivity contribution in [1.29, 1.82) is 0 Å². The van der Waals surface area contributed by atoms with Gasteiger partial charge in [-0.1, -0.05) is 17.7 Å². The van der Waals surface area contributed by atoms with Gasteiger partial charge in [-0.05, 0) is 44.9 Å². The SMILES string of the molecule is Cc1ccc(NC(=O)c2sc3nc(C)nc(N4CC[NH+](C)CC4)c3c2C)c(C)c1. The van der Waals surface area contributed by atoms with E-state index in [0.29, 0.717) is 4.88 Å². The molecule has 4 rings (SSSR count). The predicted molar refractivity (Wildman–Crippen MR) is 120 cm³/mol. The van der Waals surface area contributed by atoms with Crippen LogP contribution >= 0.6 is 11.3 Å². The van der Waals surface area contributed by atoms with E-state index in [0.717, 1.165) is 64.9 Å². The van der Waals surface area contributed by atoms with Crippen molar-refractivity contribution in [2.45, 2.75) is 27.7 Å². The quantitative estimate of drug-likeness (QED) is 0.697. The largest absolute Gasteiger partial charge is 0.345 e. The molecule has 1 fully saturated rings. The number of nitrogens with zero attached hydrogens (tertiary/aromatic N) is 3. The Balaban J connectivity index is 1.71. The van der Waals surface area contributed by atoms with E-state index in [9.17, 15) is 4.79 Å². The minimum Gasteiger partial charge on any atom is -0.345 e. The number of nitrogens with one attached hydrogen (secondary N) is 2. The molecule has 1 amide bonds. The number of rotatable bonds is 3. The number of quaternary nitrogens is 1. The van der Waals surface area contributed by atoms with Crippen LogP contribution in [0.25, 0.3) is 10.2 Å². The fourth-order valence-corrected chi connectivity index (χ4v) is 5.02. The van der Waals surface area contributed by atoms with Gasteiger partial charge < -0.3 is 15.1 Å². The lowest BCUT2D eigenvalue weighted by molar-refractivity contribution is -0.880. The number of hydrogen-bond donors (Lipinski definition) is 2. The normalized spacial score (nSPS) is 15.1. The van der Waals surface area contributed by atoms with Crippen LogP contribution in [0.4, 0.5) is 11.5 Å². The summed E-state index contributed by atoms with van der Waals surface area (Å²) in [7, 11) is 2.23. The lowest BCUT2D eigenvalue weighted by Crippen LogP contribution is -3.12. The highest BCUT2D eigenvalue weighted by atomic mass is 32.1. The molecule has 0 aliphatic carbocycles. The number of benzene rings is 1. The summed E-state index contributed by atoms with van der Waals surface area (Å²) in [6, 6.07) is 6.06. The first-order chi connectivity index (χ1) is 13.8. The molecule has 2 N–H and O–H groups in total. The van der Waals surface area contributed by atoms with Crippen molar-refractivity contribution in [3.05, 3.63) is 45.6 Å². The van der Waals surface area contributed by atoms with Gasteiger partial charge in [-0.25, -0.2) is 9.97 Å². The molecule has 152 valence electrons. The second-order valence-electron chi connectivity index (χ2n) is 8.05. The molecule has 0 radical (unpaired) electrons. The maximum absolute atomic E-state index is 13.1. The molecule has 0 spiro atoms. The molecule has 3 aromatic rings. The van der Waals surface area contributed by atoms with Crippen molar-refractivity contribution in [3.63, 3.8) is 0 Å². The Labute approximate surface area is 175 Å². The molecule has 2 aromatic heterocycles. The summed E-state index contributed by atoms with van der Waals surface area (Å²) >= 11 is 1.46. The average Bonchev–Trinajstić information content (AvgIpc) is 3.00. The lowest BCUT2D eigenvalue weighted by atomic mass is 10.1. The molecule has 1 aromatic carbocycles. The third kappa shape index (κ3) is 3.84. The highest BCUT2D eigenvalue weighted by molar-refractivity contribution is 7.20. The molecule has 0 bridgehead atoms. The minimum absolute atomic E-state index is 0.0797. The van der Waals surface area contributed by atoms with Crippen molar-refractivity contribution < 1.29 is 9.69 Å². The van der Waals surface area contributed by atoms with E-state index in [1.807, 2.05) is 32.9 Å². The molecule has 0 unspecified atom stereocenters. The fraction of sp³-hybridized carbons (Fsp3) is 0.409. The first-order valence-electron chi connectivity index (χ1n) is 10.1. The van der Waals surface area contributed by atoms with Crippen LogP contribution in [-0.4, -0.2) is 49.1 Å². The van der Waals surface area contributed by atoms with Crippen molar-refractivity contribution in [2.75, 3.05) is 43.4 Å². The van der Waals surface area contributed by atoms with Crippen molar-refractivity contribution in [2.24, 2.45) is 0 Å². The smallest absolute Gasteiger partial charge is 0.266 e. The number of carbonyl (C=O) groups is 1. The molecule has 29 heavy (non-hydrogen) atoms. The highest BCUT2D eigenvalue weighted by Crippen LogP contribution is 2.36. The summed E-state index contributed by atoms with van der Waals surface area (Å²) in [4.78, 5) is 28.0. The topological polar surface area (TPSA) is 62.6 Å². The molecule has 6 nitrogen and oxygen atoms in total. The molecule has 1 aliphatic rings. The summed E-state index contributed by atoms with van der Waals surface area (Å²) < 4.78 is 0. The summed E-state index contributed by atoms with van der Waals surface area (Å²) in [5, 5.41) is 4.10. The van der Waals surface area contributed by atoms with Crippen LogP contribution in [0.5, 0.6) is 0 Å². The maximum Gasteiger partial charge on any atom is 0.266 e. The first kappa shape index (κ1) is 19.8. The zero-order valence-electron chi connectivity index (χ0n) is 17.7. The summed E-state index contributed by atoms with van der Waals surface area (Å²) in [6.45, 7) is 12.1. The van der Waals surface area contributed by atoms with E-state index >= 15 is 0 Å². The Morgan fingerprint density at radius 1 is 1.14 bits per heavy atom. The zero-order valence-corrected chi connectivity index (χ0v) is 18.5. The number of piperazine rings is 1. The van der Waals surface area contributed by atoms with Crippen molar-refractivity contribution in [3.8, 4) is 0 Å². The number of amides is 1. The van der Waals surface area contributed by atoms with Crippen LogP contribution in [0, 0.1) is 27.7 Å². The minimum atomic E-state index is -0.0797. The van der Waals surface area contributed by atoms with Crippen molar-refractivity contribution in [1.82, 2.24) is 9.97 Å². The number of carbonyl (C=O) groups excluding carboxylic acids is 1. The maximum atomic E-state index is 13.1. The van der Waals surface area contributed by atoms with E-state index < -0.39 is 0 Å². The molecular formula is C22H28N5OS+. The third-order valence-corrected chi connectivity index (χ3v) is 6.82. The van der Waals surface area contributed by atoms with Gasteiger partial charge >= 0.3 is 0 Å². The number of aromatic nitrogens is 2. The Kier molecular flexibility index (Phi) is 5.27. The molecular weight excluding hydrogens is 382 g/mol. The fourth-order valence-electron chi connectivity index (χ4n) is 3.90. The van der Waals surface area contributed by atoms with E-state index in [1.165, 1.54) is 16.9 Å².